The Labute approximate surface area is 126 Å². The maximum absolute atomic E-state index is 12.0. The molecule has 3 N–H and O–H groups in total. The molecule has 0 bridgehead atoms. The molecule has 1 aromatic carbocycles. The normalized spacial score (nSPS) is 12.5. The molecule has 1 aromatic heterocycles. The fourth-order valence-corrected chi connectivity index (χ4v) is 3.42. The van der Waals surface area contributed by atoms with Crippen LogP contribution >= 0.6 is 27.3 Å². The number of amides is 1. The molecule has 1 unspecified atom stereocenters. The average Bonchev–Trinajstić information content (AvgIpc) is 2.66. The van der Waals surface area contributed by atoms with Crippen molar-refractivity contribution < 1.29 is 9.00 Å². The number of fused-ring (bicyclic) bond motifs is 1. The molecule has 102 valence electrons. The maximum atomic E-state index is 12.0. The SMILES string of the molecule is CS(=O)CCNC(=O)c1sc2ccc(Br)cc2c1N. The first-order chi connectivity index (χ1) is 8.99. The van der Waals surface area contributed by atoms with Crippen molar-refractivity contribution in [1.29, 1.82) is 0 Å². The Morgan fingerprint density at radius 2 is 2.26 bits per heavy atom. The zero-order chi connectivity index (χ0) is 14.0. The van der Waals surface area contributed by atoms with Crippen LogP contribution in [-0.4, -0.2) is 28.7 Å². The lowest BCUT2D eigenvalue weighted by atomic mass is 10.2. The number of halogens is 1. The van der Waals surface area contributed by atoms with Crippen molar-refractivity contribution in [3.05, 3.63) is 27.5 Å². The van der Waals surface area contributed by atoms with Crippen molar-refractivity contribution in [3.8, 4) is 0 Å². The molecule has 1 atom stereocenters. The average molecular weight is 361 g/mol. The number of nitrogens with two attached hydrogens (primary N) is 1. The maximum Gasteiger partial charge on any atom is 0.263 e. The highest BCUT2D eigenvalue weighted by atomic mass is 79.9. The number of hydrogen-bond donors (Lipinski definition) is 2. The van der Waals surface area contributed by atoms with E-state index in [0.717, 1.165) is 14.6 Å². The van der Waals surface area contributed by atoms with Crippen LogP contribution in [0.25, 0.3) is 10.1 Å². The van der Waals surface area contributed by atoms with Crippen molar-refractivity contribution in [2.45, 2.75) is 0 Å². The van der Waals surface area contributed by atoms with Gasteiger partial charge in [-0.3, -0.25) is 9.00 Å². The minimum absolute atomic E-state index is 0.208. The number of thiophene rings is 1. The lowest BCUT2D eigenvalue weighted by molar-refractivity contribution is 0.0961. The lowest BCUT2D eigenvalue weighted by Gasteiger charge is -2.02. The van der Waals surface area contributed by atoms with Gasteiger partial charge in [-0.25, -0.2) is 0 Å². The monoisotopic (exact) mass is 360 g/mol. The summed E-state index contributed by atoms with van der Waals surface area (Å²) in [6, 6.07) is 5.75. The number of benzene rings is 1. The fourth-order valence-electron chi connectivity index (χ4n) is 1.65. The molecule has 0 aliphatic carbocycles. The third-order valence-corrected chi connectivity index (χ3v) is 5.03. The van der Waals surface area contributed by atoms with Crippen LogP contribution in [0.2, 0.25) is 0 Å². The molecule has 0 saturated heterocycles. The highest BCUT2D eigenvalue weighted by Crippen LogP contribution is 2.35. The zero-order valence-corrected chi connectivity index (χ0v) is 13.5. The summed E-state index contributed by atoms with van der Waals surface area (Å²) in [5.74, 6) is 0.238. The summed E-state index contributed by atoms with van der Waals surface area (Å²) in [5.41, 5.74) is 6.51. The Hall–Kier alpha value is -0.920. The van der Waals surface area contributed by atoms with Crippen LogP contribution in [0.3, 0.4) is 0 Å². The second kappa shape index (κ2) is 6.02. The minimum atomic E-state index is -0.910. The smallest absolute Gasteiger partial charge is 0.263 e. The van der Waals surface area contributed by atoms with Crippen LogP contribution in [-0.2, 0) is 10.8 Å². The molecule has 0 radical (unpaired) electrons. The zero-order valence-electron chi connectivity index (χ0n) is 10.2. The van der Waals surface area contributed by atoms with E-state index >= 15 is 0 Å². The van der Waals surface area contributed by atoms with Crippen LogP contribution in [0.1, 0.15) is 9.67 Å². The van der Waals surface area contributed by atoms with Gasteiger partial charge in [0, 0.05) is 43.9 Å². The largest absolute Gasteiger partial charge is 0.397 e. The van der Waals surface area contributed by atoms with E-state index in [1.807, 2.05) is 18.2 Å². The van der Waals surface area contributed by atoms with Gasteiger partial charge in [-0.2, -0.15) is 0 Å². The first-order valence-corrected chi connectivity index (χ1v) is 8.88. The molecule has 1 amide bonds. The second-order valence-electron chi connectivity index (χ2n) is 4.02. The Morgan fingerprint density at radius 3 is 2.95 bits per heavy atom. The quantitative estimate of drug-likeness (QED) is 0.878. The number of hydrogen-bond acceptors (Lipinski definition) is 4. The van der Waals surface area contributed by atoms with E-state index in [0.29, 0.717) is 22.9 Å². The molecule has 1 heterocycles. The Bertz CT molecular complexity index is 654. The van der Waals surface area contributed by atoms with E-state index in [2.05, 4.69) is 21.2 Å². The van der Waals surface area contributed by atoms with E-state index in [1.54, 1.807) is 6.26 Å². The summed E-state index contributed by atoms with van der Waals surface area (Å²) in [7, 11) is -0.910. The van der Waals surface area contributed by atoms with Gasteiger partial charge in [-0.05, 0) is 18.2 Å². The van der Waals surface area contributed by atoms with Crippen LogP contribution in [0.5, 0.6) is 0 Å². The van der Waals surface area contributed by atoms with Crippen LogP contribution in [0, 0.1) is 0 Å². The molecule has 4 nitrogen and oxygen atoms in total. The first-order valence-electron chi connectivity index (χ1n) is 5.55. The van der Waals surface area contributed by atoms with Crippen LogP contribution in [0.15, 0.2) is 22.7 Å². The number of nitrogens with one attached hydrogen (secondary N) is 1. The lowest BCUT2D eigenvalue weighted by Crippen LogP contribution is -2.27. The Morgan fingerprint density at radius 1 is 1.53 bits per heavy atom. The van der Waals surface area contributed by atoms with Gasteiger partial charge >= 0.3 is 0 Å². The molecule has 7 heteroatoms. The van der Waals surface area contributed by atoms with Crippen LogP contribution < -0.4 is 11.1 Å². The molecule has 2 aromatic rings. The molecule has 0 spiro atoms. The molecule has 0 aliphatic heterocycles. The van der Waals surface area contributed by atoms with E-state index in [9.17, 15) is 9.00 Å². The van der Waals surface area contributed by atoms with Crippen molar-refractivity contribution in [1.82, 2.24) is 5.32 Å². The summed E-state index contributed by atoms with van der Waals surface area (Å²) in [6.45, 7) is 0.388. The Balaban J connectivity index is 2.22. The van der Waals surface area contributed by atoms with E-state index in [4.69, 9.17) is 5.73 Å². The van der Waals surface area contributed by atoms with Gasteiger partial charge in [-0.1, -0.05) is 15.9 Å². The molecular formula is C12H13BrN2O2S2. The number of anilines is 1. The van der Waals surface area contributed by atoms with Gasteiger partial charge in [-0.15, -0.1) is 11.3 Å². The molecule has 0 saturated carbocycles. The van der Waals surface area contributed by atoms with Crippen molar-refractivity contribution in [2.75, 3.05) is 24.3 Å². The fraction of sp³-hybridized carbons (Fsp3) is 0.250. The third-order valence-electron chi connectivity index (χ3n) is 2.57. The molecule has 0 fully saturated rings. The number of nitrogen functional groups attached to an aromatic ring is 1. The Kier molecular flexibility index (Phi) is 4.59. The van der Waals surface area contributed by atoms with E-state index in [-0.39, 0.29) is 5.91 Å². The highest BCUT2D eigenvalue weighted by molar-refractivity contribution is 9.10. The van der Waals surface area contributed by atoms with Gasteiger partial charge in [0.1, 0.15) is 4.88 Å². The predicted octanol–water partition coefficient (Wildman–Crippen LogP) is 2.35. The highest BCUT2D eigenvalue weighted by Gasteiger charge is 2.16. The van der Waals surface area contributed by atoms with Gasteiger partial charge < -0.3 is 11.1 Å². The molecule has 0 aliphatic rings. The molecule has 2 rings (SSSR count). The minimum Gasteiger partial charge on any atom is -0.397 e. The summed E-state index contributed by atoms with van der Waals surface area (Å²) >= 11 is 4.75. The topological polar surface area (TPSA) is 72.2 Å². The first kappa shape index (κ1) is 14.5. The number of rotatable bonds is 4. The van der Waals surface area contributed by atoms with Gasteiger partial charge in [0.05, 0.1) is 5.69 Å². The molecular weight excluding hydrogens is 348 g/mol. The number of carbonyl (C=O) groups excluding carboxylic acids is 1. The summed E-state index contributed by atoms with van der Waals surface area (Å²) < 4.78 is 12.8. The summed E-state index contributed by atoms with van der Waals surface area (Å²) in [6.07, 6.45) is 1.61. The van der Waals surface area contributed by atoms with E-state index < -0.39 is 10.8 Å². The van der Waals surface area contributed by atoms with Crippen LogP contribution in [0.4, 0.5) is 5.69 Å². The predicted molar refractivity (Wildman–Crippen MR) is 85.2 cm³/mol. The third kappa shape index (κ3) is 3.34. The van der Waals surface area contributed by atoms with Gasteiger partial charge in [0.2, 0.25) is 0 Å². The molecule has 19 heavy (non-hydrogen) atoms. The number of carbonyl (C=O) groups is 1. The summed E-state index contributed by atoms with van der Waals surface area (Å²) in [5, 5.41) is 3.61. The van der Waals surface area contributed by atoms with Gasteiger partial charge in [0.25, 0.3) is 5.91 Å². The second-order valence-corrected chi connectivity index (χ2v) is 7.54. The van der Waals surface area contributed by atoms with Crippen molar-refractivity contribution in [2.24, 2.45) is 0 Å². The van der Waals surface area contributed by atoms with E-state index in [1.165, 1.54) is 11.3 Å². The van der Waals surface area contributed by atoms with Crippen molar-refractivity contribution >= 4 is 59.7 Å². The standard InChI is InChI=1S/C12H13BrN2O2S2/c1-19(17)5-4-15-12(16)11-10(14)8-6-7(13)2-3-9(8)18-11/h2-3,6H,4-5,14H2,1H3,(H,15,16). The van der Waals surface area contributed by atoms with Crippen molar-refractivity contribution in [3.63, 3.8) is 0 Å². The van der Waals surface area contributed by atoms with Gasteiger partial charge in [0.15, 0.2) is 0 Å². The summed E-state index contributed by atoms with van der Waals surface area (Å²) in [4.78, 5) is 12.5.